The molecule has 19 rings (SSSR count). The van der Waals surface area contributed by atoms with Crippen molar-refractivity contribution in [2.24, 2.45) is 4.99 Å². The second kappa shape index (κ2) is 23.2. The highest BCUT2D eigenvalue weighted by Crippen LogP contribution is 2.59. The molecule has 5 nitrogen and oxygen atoms in total. The van der Waals surface area contributed by atoms with Gasteiger partial charge in [-0.3, -0.25) is 4.90 Å². The highest BCUT2D eigenvalue weighted by molar-refractivity contribution is 6.19. The van der Waals surface area contributed by atoms with Gasteiger partial charge in [0.05, 0.1) is 62.3 Å². The van der Waals surface area contributed by atoms with Crippen molar-refractivity contribution in [3.05, 3.63) is 334 Å². The number of amidine groups is 1. The van der Waals surface area contributed by atoms with E-state index in [1.807, 2.05) is 0 Å². The number of para-hydroxylation sites is 2. The van der Waals surface area contributed by atoms with E-state index in [0.717, 1.165) is 56.7 Å². The predicted molar refractivity (Wildman–Crippen MR) is 445 cm³/mol. The van der Waals surface area contributed by atoms with E-state index in [-0.39, 0.29) is 33.5 Å². The zero-order valence-electron chi connectivity index (χ0n) is 62.4. The van der Waals surface area contributed by atoms with Crippen LogP contribution < -0.4 is 9.80 Å². The summed E-state index contributed by atoms with van der Waals surface area (Å²) in [7, 11) is 0. The Labute approximate surface area is 617 Å². The molecule has 2 atom stereocenters. The molecule has 512 valence electrons. The number of rotatable bonds is 8. The number of aromatic nitrogens is 2. The van der Waals surface area contributed by atoms with Crippen molar-refractivity contribution in [3.63, 3.8) is 0 Å². The van der Waals surface area contributed by atoms with Crippen LogP contribution in [0.5, 0.6) is 0 Å². The molecule has 0 fully saturated rings. The maximum Gasteiger partial charge on any atom is 0.126 e. The molecule has 0 amide bonds. The zero-order valence-corrected chi connectivity index (χ0v) is 62.4. The number of fused-ring (bicyclic) bond motifs is 16. The van der Waals surface area contributed by atoms with Gasteiger partial charge in [0.25, 0.3) is 0 Å². The molecule has 5 heterocycles. The summed E-state index contributed by atoms with van der Waals surface area (Å²) in [4.78, 5) is 10.6. The molecule has 0 radical (unpaired) electrons. The molecular weight excluding hydrogens is 1270 g/mol. The van der Waals surface area contributed by atoms with E-state index in [0.29, 0.717) is 0 Å². The number of hydrogen-bond donors (Lipinski definition) is 0. The van der Waals surface area contributed by atoms with Gasteiger partial charge in [-0.15, -0.1) is 0 Å². The van der Waals surface area contributed by atoms with Crippen LogP contribution >= 0.6 is 0 Å². The molecule has 2 unspecified atom stereocenters. The largest absolute Gasteiger partial charge is 0.313 e. The van der Waals surface area contributed by atoms with Gasteiger partial charge in [-0.1, -0.05) is 235 Å². The van der Waals surface area contributed by atoms with E-state index < -0.39 is 0 Å². The van der Waals surface area contributed by atoms with Gasteiger partial charge in [-0.2, -0.15) is 0 Å². The van der Waals surface area contributed by atoms with Crippen LogP contribution in [0.15, 0.2) is 284 Å². The van der Waals surface area contributed by atoms with Crippen molar-refractivity contribution in [3.8, 4) is 55.9 Å². The Morgan fingerprint density at radius 1 is 0.314 bits per heavy atom. The van der Waals surface area contributed by atoms with Crippen molar-refractivity contribution in [1.29, 1.82) is 0 Å². The molecule has 13 aromatic carbocycles. The van der Waals surface area contributed by atoms with Crippen molar-refractivity contribution in [1.82, 2.24) is 9.13 Å². The lowest BCUT2D eigenvalue weighted by molar-refractivity contribution is 0.590. The van der Waals surface area contributed by atoms with Crippen LogP contribution in [0.2, 0.25) is 0 Å². The molecule has 0 bridgehead atoms. The lowest BCUT2D eigenvalue weighted by atomic mass is 9.85. The maximum absolute atomic E-state index is 5.72. The summed E-state index contributed by atoms with van der Waals surface area (Å²) in [5.74, 6) is 0.888. The Kier molecular flexibility index (Phi) is 14.2. The third kappa shape index (κ3) is 10.2. The van der Waals surface area contributed by atoms with E-state index in [1.165, 1.54) is 138 Å². The minimum Gasteiger partial charge on any atom is -0.313 e. The van der Waals surface area contributed by atoms with E-state index in [9.17, 15) is 0 Å². The van der Waals surface area contributed by atoms with Crippen LogP contribution in [0.25, 0.3) is 106 Å². The number of benzene rings is 13. The summed E-state index contributed by atoms with van der Waals surface area (Å²) < 4.78 is 5.30. The highest BCUT2D eigenvalue weighted by atomic mass is 15.2. The standard InChI is InChI=1S/C100H87N5/c1-60-92(67-36-43-83-80(53-67)94-82-51-64(62-28-20-15-21-29-62)38-45-89(82)103(96(94)101-83)73-32-24-17-25-33-73)91(104-84-46-39-68(97(2,3)4)55-76(84)77-56-69(98(5,6)7)40-47-85(77)104)59-75(95(60)105-86-48-41-70(99(8,9)10)57-78(86)79-58-71(100(11,12)13)42-49-87(79)105)65-34-35-66-54-90-93(74(66)52-65)81-50-63(61-26-18-14-19-27-61)37-44-88(81)102(90)72-30-22-16-23-31-72/h14-59,93-94H,1-13H3. The summed E-state index contributed by atoms with van der Waals surface area (Å²) in [5.41, 5.74) is 35.8. The van der Waals surface area contributed by atoms with E-state index in [2.05, 4.69) is 388 Å². The second-order valence-corrected chi connectivity index (χ2v) is 34.0. The topological polar surface area (TPSA) is 28.7 Å². The molecular formula is C100H87N5. The number of allylic oxidation sites excluding steroid dienone is 1. The van der Waals surface area contributed by atoms with Gasteiger partial charge in [0.2, 0.25) is 0 Å². The second-order valence-electron chi connectivity index (χ2n) is 34.0. The van der Waals surface area contributed by atoms with Gasteiger partial charge >= 0.3 is 0 Å². The van der Waals surface area contributed by atoms with Crippen LogP contribution in [0, 0.1) is 6.92 Å². The first-order valence-electron chi connectivity index (χ1n) is 37.6. The van der Waals surface area contributed by atoms with Gasteiger partial charge in [-0.25, -0.2) is 4.99 Å². The smallest absolute Gasteiger partial charge is 0.126 e. The summed E-state index contributed by atoms with van der Waals surface area (Å²) in [6.45, 7) is 30.6. The fourth-order valence-corrected chi connectivity index (χ4v) is 17.7. The van der Waals surface area contributed by atoms with E-state index in [1.54, 1.807) is 0 Å². The lowest BCUT2D eigenvalue weighted by Crippen LogP contribution is -2.22. The third-order valence-corrected chi connectivity index (χ3v) is 23.3. The van der Waals surface area contributed by atoms with Gasteiger partial charge in [0.1, 0.15) is 5.84 Å². The van der Waals surface area contributed by atoms with E-state index in [4.69, 9.17) is 4.99 Å². The van der Waals surface area contributed by atoms with Gasteiger partial charge in [-0.05, 0) is 245 Å². The molecule has 15 aromatic rings. The molecule has 105 heavy (non-hydrogen) atoms. The van der Waals surface area contributed by atoms with E-state index >= 15 is 0 Å². The summed E-state index contributed by atoms with van der Waals surface area (Å²) in [6, 6.07) is 104. The van der Waals surface area contributed by atoms with Crippen molar-refractivity contribution in [2.75, 3.05) is 9.80 Å². The first-order chi connectivity index (χ1) is 50.5. The van der Waals surface area contributed by atoms with Gasteiger partial charge in [0.15, 0.2) is 0 Å². The number of nitrogens with zero attached hydrogens (tertiary/aromatic N) is 5. The molecule has 0 spiro atoms. The van der Waals surface area contributed by atoms with Crippen LogP contribution in [-0.2, 0) is 21.7 Å². The summed E-state index contributed by atoms with van der Waals surface area (Å²) in [5, 5.41) is 5.02. The maximum atomic E-state index is 5.72. The van der Waals surface area contributed by atoms with Gasteiger partial charge < -0.3 is 14.0 Å². The SMILES string of the molecule is Cc1c(-c2ccc3c(c2)C2C(=N3)N(c3ccccc3)c3ccc(-c4ccccc4)cc32)c(-n2c3ccc(C(C)(C)C)cc3c3cc(C(C)(C)C)ccc32)cc(-c2ccc3c(c2)C2C(=C3)N(c3ccccc3)c3ccc(-c4ccccc4)cc32)c1-n1c2ccc(C(C)(C)C)cc2c2cc(C(C)(C)C)ccc21. The van der Waals surface area contributed by atoms with Crippen molar-refractivity contribution in [2.45, 2.75) is 124 Å². The predicted octanol–water partition coefficient (Wildman–Crippen LogP) is 27.0. The molecule has 1 aliphatic carbocycles. The first-order valence-corrected chi connectivity index (χ1v) is 37.6. The fourth-order valence-electron chi connectivity index (χ4n) is 17.7. The Bertz CT molecular complexity index is 6050. The average Bonchev–Trinajstić information content (AvgIpc) is 1.58. The van der Waals surface area contributed by atoms with Crippen molar-refractivity contribution < 1.29 is 0 Å². The van der Waals surface area contributed by atoms with Crippen LogP contribution in [-0.4, -0.2) is 15.0 Å². The molecule has 2 aromatic heterocycles. The normalized spacial score (nSPS) is 15.4. The molecule has 0 N–H and O–H groups in total. The molecule has 4 aliphatic rings. The highest BCUT2D eigenvalue weighted by Gasteiger charge is 2.44. The number of anilines is 4. The molecule has 3 aliphatic heterocycles. The summed E-state index contributed by atoms with van der Waals surface area (Å²) in [6.07, 6.45) is 2.47. The Balaban J connectivity index is 0.928. The minimum absolute atomic E-state index is 0.0193. The van der Waals surface area contributed by atoms with Crippen LogP contribution in [0.3, 0.4) is 0 Å². The van der Waals surface area contributed by atoms with Crippen molar-refractivity contribution >= 4 is 84.0 Å². The Hall–Kier alpha value is -11.5. The third-order valence-electron chi connectivity index (χ3n) is 23.3. The van der Waals surface area contributed by atoms with Crippen LogP contribution in [0.4, 0.5) is 28.4 Å². The van der Waals surface area contributed by atoms with Crippen LogP contribution in [0.1, 0.15) is 151 Å². The summed E-state index contributed by atoms with van der Waals surface area (Å²) >= 11 is 0. The average molecular weight is 1360 g/mol. The molecule has 0 saturated heterocycles. The van der Waals surface area contributed by atoms with Gasteiger partial charge in [0, 0.05) is 49.7 Å². The fraction of sp³-hybridized carbons (Fsp3) is 0.190. The zero-order chi connectivity index (χ0) is 71.9. The Morgan fingerprint density at radius 3 is 1.21 bits per heavy atom. The minimum atomic E-state index is -0.125. The molecule has 0 saturated carbocycles. The number of hydrogen-bond acceptors (Lipinski definition) is 3. The Morgan fingerprint density at radius 2 is 0.724 bits per heavy atom. The number of aliphatic imine (C=N–C) groups is 1. The lowest BCUT2D eigenvalue weighted by Gasteiger charge is -2.26. The first kappa shape index (κ1) is 64.3. The molecule has 5 heteroatoms. The quantitative estimate of drug-likeness (QED) is 0.152. The monoisotopic (exact) mass is 1360 g/mol.